The van der Waals surface area contributed by atoms with E-state index >= 15 is 0 Å². The van der Waals surface area contributed by atoms with Gasteiger partial charge in [-0.1, -0.05) is 30.3 Å². The molecule has 78 valence electrons. The molecule has 2 aromatic rings. The van der Waals surface area contributed by atoms with Crippen LogP contribution in [0.5, 0.6) is 0 Å². The van der Waals surface area contributed by atoms with Crippen molar-refractivity contribution in [1.82, 2.24) is 9.78 Å². The first-order valence-corrected chi connectivity index (χ1v) is 5.05. The van der Waals surface area contributed by atoms with Crippen LogP contribution in [-0.2, 0) is 0 Å². The Bertz CT molecular complexity index is 445. The minimum Gasteiger partial charge on any atom is -0.384 e. The van der Waals surface area contributed by atoms with E-state index in [0.29, 0.717) is 5.82 Å². The first-order valence-electron chi connectivity index (χ1n) is 5.05. The summed E-state index contributed by atoms with van der Waals surface area (Å²) in [5.74, 6) is 0.712. The molecule has 0 radical (unpaired) electrons. The van der Waals surface area contributed by atoms with E-state index in [0.717, 1.165) is 5.69 Å². The average Bonchev–Trinajstić information content (AvgIpc) is 2.58. The molecule has 2 N–H and O–H groups in total. The van der Waals surface area contributed by atoms with Crippen LogP contribution in [0.1, 0.15) is 24.2 Å². The summed E-state index contributed by atoms with van der Waals surface area (Å²) in [5, 5.41) is 4.38. The van der Waals surface area contributed by atoms with Gasteiger partial charge in [-0.3, -0.25) is 0 Å². The van der Waals surface area contributed by atoms with Crippen molar-refractivity contribution in [3.63, 3.8) is 0 Å². The number of nitrogens with two attached hydrogens (primary N) is 1. The fraction of sp³-hybridized carbons (Fsp3) is 0.250. The van der Waals surface area contributed by atoms with Crippen molar-refractivity contribution in [1.29, 1.82) is 0 Å². The van der Waals surface area contributed by atoms with Crippen LogP contribution >= 0.6 is 0 Å². The van der Waals surface area contributed by atoms with E-state index < -0.39 is 0 Å². The van der Waals surface area contributed by atoms with Crippen LogP contribution in [0.2, 0.25) is 0 Å². The number of nitrogen functional groups attached to an aromatic ring is 1. The molecule has 0 saturated heterocycles. The Morgan fingerprint density at radius 2 is 1.93 bits per heavy atom. The zero-order valence-corrected chi connectivity index (χ0v) is 9.01. The summed E-state index contributed by atoms with van der Waals surface area (Å²) in [5.41, 5.74) is 8.05. The van der Waals surface area contributed by atoms with Crippen LogP contribution in [0.15, 0.2) is 36.4 Å². The SMILES string of the molecule is Cc1cc(N)n([C@H](C)c2ccccc2)n1. The van der Waals surface area contributed by atoms with Crippen LogP contribution in [0.3, 0.4) is 0 Å². The molecular formula is C12H15N3. The number of hydrogen-bond donors (Lipinski definition) is 1. The summed E-state index contributed by atoms with van der Waals surface area (Å²) in [6, 6.07) is 12.3. The molecule has 0 spiro atoms. The van der Waals surface area contributed by atoms with Crippen LogP contribution in [0.4, 0.5) is 5.82 Å². The summed E-state index contributed by atoms with van der Waals surface area (Å²) < 4.78 is 1.85. The Labute approximate surface area is 89.5 Å². The number of aromatic nitrogens is 2. The van der Waals surface area contributed by atoms with Gasteiger partial charge in [0.2, 0.25) is 0 Å². The summed E-state index contributed by atoms with van der Waals surface area (Å²) in [7, 11) is 0. The lowest BCUT2D eigenvalue weighted by atomic mass is 10.1. The molecular weight excluding hydrogens is 186 g/mol. The quantitative estimate of drug-likeness (QED) is 0.810. The van der Waals surface area contributed by atoms with Gasteiger partial charge in [0, 0.05) is 6.07 Å². The van der Waals surface area contributed by atoms with Gasteiger partial charge in [0.05, 0.1) is 11.7 Å². The minimum absolute atomic E-state index is 0.180. The van der Waals surface area contributed by atoms with Gasteiger partial charge in [-0.2, -0.15) is 5.10 Å². The van der Waals surface area contributed by atoms with E-state index in [2.05, 4.69) is 24.2 Å². The Balaban J connectivity index is 2.36. The zero-order valence-electron chi connectivity index (χ0n) is 9.01. The van der Waals surface area contributed by atoms with Crippen molar-refractivity contribution in [2.45, 2.75) is 19.9 Å². The van der Waals surface area contributed by atoms with Gasteiger partial charge in [-0.05, 0) is 19.4 Å². The van der Waals surface area contributed by atoms with Gasteiger partial charge in [0.15, 0.2) is 0 Å². The summed E-state index contributed by atoms with van der Waals surface area (Å²) in [4.78, 5) is 0. The number of rotatable bonds is 2. The molecule has 0 aliphatic carbocycles. The zero-order chi connectivity index (χ0) is 10.8. The minimum atomic E-state index is 0.180. The lowest BCUT2D eigenvalue weighted by Crippen LogP contribution is -2.11. The van der Waals surface area contributed by atoms with E-state index in [1.165, 1.54) is 5.56 Å². The van der Waals surface area contributed by atoms with Gasteiger partial charge in [0.1, 0.15) is 5.82 Å². The normalized spacial score (nSPS) is 12.7. The average molecular weight is 201 g/mol. The van der Waals surface area contributed by atoms with E-state index in [1.54, 1.807) is 0 Å². The molecule has 3 heteroatoms. The smallest absolute Gasteiger partial charge is 0.122 e. The summed E-state index contributed by atoms with van der Waals surface area (Å²) >= 11 is 0. The predicted octanol–water partition coefficient (Wildman–Crippen LogP) is 2.38. The van der Waals surface area contributed by atoms with Crippen LogP contribution < -0.4 is 5.73 Å². The van der Waals surface area contributed by atoms with Gasteiger partial charge in [0.25, 0.3) is 0 Å². The summed E-state index contributed by atoms with van der Waals surface area (Å²) in [6.07, 6.45) is 0. The molecule has 1 aromatic carbocycles. The maximum atomic E-state index is 5.88. The third-order valence-electron chi connectivity index (χ3n) is 2.54. The maximum absolute atomic E-state index is 5.88. The molecule has 0 fully saturated rings. The van der Waals surface area contributed by atoms with E-state index in [9.17, 15) is 0 Å². The molecule has 0 unspecified atom stereocenters. The molecule has 3 nitrogen and oxygen atoms in total. The number of anilines is 1. The molecule has 0 aliphatic rings. The second-order valence-electron chi connectivity index (χ2n) is 3.74. The monoisotopic (exact) mass is 201 g/mol. The number of hydrogen-bond acceptors (Lipinski definition) is 2. The lowest BCUT2D eigenvalue weighted by Gasteiger charge is -2.13. The lowest BCUT2D eigenvalue weighted by molar-refractivity contribution is 0.569. The largest absolute Gasteiger partial charge is 0.384 e. The number of aryl methyl sites for hydroxylation is 1. The van der Waals surface area contributed by atoms with E-state index in [4.69, 9.17) is 5.73 Å². The van der Waals surface area contributed by atoms with Crippen LogP contribution in [0, 0.1) is 6.92 Å². The van der Waals surface area contributed by atoms with Crippen LogP contribution in [0.25, 0.3) is 0 Å². The van der Waals surface area contributed by atoms with Crippen molar-refractivity contribution in [2.24, 2.45) is 0 Å². The number of nitrogens with zero attached hydrogens (tertiary/aromatic N) is 2. The predicted molar refractivity (Wildman–Crippen MR) is 61.6 cm³/mol. The highest BCUT2D eigenvalue weighted by Gasteiger charge is 2.11. The third-order valence-corrected chi connectivity index (χ3v) is 2.54. The van der Waals surface area contributed by atoms with Crippen molar-refractivity contribution in [3.8, 4) is 0 Å². The first-order chi connectivity index (χ1) is 7.18. The highest BCUT2D eigenvalue weighted by Crippen LogP contribution is 2.20. The van der Waals surface area contributed by atoms with Crippen molar-refractivity contribution in [2.75, 3.05) is 5.73 Å². The van der Waals surface area contributed by atoms with Crippen molar-refractivity contribution in [3.05, 3.63) is 47.7 Å². The highest BCUT2D eigenvalue weighted by molar-refractivity contribution is 5.33. The van der Waals surface area contributed by atoms with E-state index in [1.807, 2.05) is 35.9 Å². The Morgan fingerprint density at radius 3 is 2.47 bits per heavy atom. The number of benzene rings is 1. The molecule has 0 amide bonds. The van der Waals surface area contributed by atoms with Gasteiger partial charge in [-0.25, -0.2) is 4.68 Å². The standard InChI is InChI=1S/C12H15N3/c1-9-8-12(13)15(14-9)10(2)11-6-4-3-5-7-11/h3-8,10H,13H2,1-2H3/t10-/m1/s1. The maximum Gasteiger partial charge on any atom is 0.122 e. The van der Waals surface area contributed by atoms with Crippen LogP contribution in [-0.4, -0.2) is 9.78 Å². The fourth-order valence-corrected chi connectivity index (χ4v) is 1.72. The second kappa shape index (κ2) is 3.77. The molecule has 1 heterocycles. The third kappa shape index (κ3) is 1.86. The van der Waals surface area contributed by atoms with E-state index in [-0.39, 0.29) is 6.04 Å². The van der Waals surface area contributed by atoms with Gasteiger partial charge in [-0.15, -0.1) is 0 Å². The van der Waals surface area contributed by atoms with Gasteiger partial charge >= 0.3 is 0 Å². The second-order valence-corrected chi connectivity index (χ2v) is 3.74. The van der Waals surface area contributed by atoms with Crippen molar-refractivity contribution >= 4 is 5.82 Å². The Morgan fingerprint density at radius 1 is 1.27 bits per heavy atom. The molecule has 0 saturated carbocycles. The highest BCUT2D eigenvalue weighted by atomic mass is 15.3. The molecule has 1 atom stereocenters. The Kier molecular flexibility index (Phi) is 2.46. The fourth-order valence-electron chi connectivity index (χ4n) is 1.72. The van der Waals surface area contributed by atoms with Gasteiger partial charge < -0.3 is 5.73 Å². The first kappa shape index (κ1) is 9.77. The Hall–Kier alpha value is -1.77. The molecule has 2 rings (SSSR count). The van der Waals surface area contributed by atoms with Crippen molar-refractivity contribution < 1.29 is 0 Å². The molecule has 1 aromatic heterocycles. The molecule has 15 heavy (non-hydrogen) atoms. The summed E-state index contributed by atoms with van der Waals surface area (Å²) in [6.45, 7) is 4.04. The molecule has 0 aliphatic heterocycles. The topological polar surface area (TPSA) is 43.8 Å². The molecule has 0 bridgehead atoms.